The quantitative estimate of drug-likeness (QED) is 0.839. The normalized spacial score (nSPS) is 13.8. The molecule has 0 aliphatic carbocycles. The zero-order valence-electron chi connectivity index (χ0n) is 8.64. The van der Waals surface area contributed by atoms with E-state index in [4.69, 9.17) is 5.26 Å². The van der Waals surface area contributed by atoms with Crippen LogP contribution in [0.1, 0.15) is 17.7 Å². The van der Waals surface area contributed by atoms with Gasteiger partial charge in [-0.3, -0.25) is 0 Å². The number of halogens is 2. The third kappa shape index (κ3) is 3.49. The van der Waals surface area contributed by atoms with Crippen molar-refractivity contribution in [2.75, 3.05) is 13.1 Å². The first-order valence-corrected chi connectivity index (χ1v) is 4.66. The Kier molecular flexibility index (Phi) is 6.75. The van der Waals surface area contributed by atoms with Crippen LogP contribution in [0.3, 0.4) is 0 Å². The number of nitriles is 1. The Morgan fingerprint density at radius 1 is 1.31 bits per heavy atom. The Labute approximate surface area is 107 Å². The summed E-state index contributed by atoms with van der Waals surface area (Å²) in [7, 11) is 0. The summed E-state index contributed by atoms with van der Waals surface area (Å²) in [5, 5.41) is 11.9. The third-order valence-corrected chi connectivity index (χ3v) is 2.31. The van der Waals surface area contributed by atoms with Crippen molar-refractivity contribution in [3.8, 4) is 6.07 Å². The first-order chi connectivity index (χ1) is 6.90. The first kappa shape index (κ1) is 14.9. The average Bonchev–Trinajstić information content (AvgIpc) is 2.30. The lowest BCUT2D eigenvalue weighted by Gasteiger charge is -2.13. The summed E-state index contributed by atoms with van der Waals surface area (Å²) in [6.07, 6.45) is 4.98. The second-order valence-electron chi connectivity index (χ2n) is 3.23. The van der Waals surface area contributed by atoms with Crippen molar-refractivity contribution in [1.82, 2.24) is 10.3 Å². The van der Waals surface area contributed by atoms with Crippen LogP contribution in [0.15, 0.2) is 24.4 Å². The van der Waals surface area contributed by atoms with Gasteiger partial charge in [0.1, 0.15) is 11.8 Å². The van der Waals surface area contributed by atoms with Crippen LogP contribution in [-0.2, 0) is 0 Å². The highest BCUT2D eigenvalue weighted by Gasteiger charge is 2.05. The number of hydrogen-bond acceptors (Lipinski definition) is 3. The van der Waals surface area contributed by atoms with E-state index in [9.17, 15) is 0 Å². The van der Waals surface area contributed by atoms with Crippen molar-refractivity contribution in [1.29, 1.82) is 5.26 Å². The third-order valence-electron chi connectivity index (χ3n) is 2.31. The van der Waals surface area contributed by atoms with Crippen molar-refractivity contribution < 1.29 is 0 Å². The molecule has 0 saturated carbocycles. The molecule has 0 spiro atoms. The molecule has 0 fully saturated rings. The molecule has 0 radical (unpaired) electrons. The maximum absolute atomic E-state index is 8.60. The number of rotatable bonds is 1. The minimum atomic E-state index is 0. The van der Waals surface area contributed by atoms with E-state index in [1.165, 1.54) is 5.57 Å². The average molecular weight is 258 g/mol. The molecule has 16 heavy (non-hydrogen) atoms. The molecule has 0 aromatic carbocycles. The van der Waals surface area contributed by atoms with Crippen molar-refractivity contribution in [2.24, 2.45) is 0 Å². The summed E-state index contributed by atoms with van der Waals surface area (Å²) in [5.74, 6) is 0. The minimum Gasteiger partial charge on any atom is -0.313 e. The summed E-state index contributed by atoms with van der Waals surface area (Å²) in [6, 6.07) is 5.74. The molecule has 0 bridgehead atoms. The molecule has 5 heteroatoms. The van der Waals surface area contributed by atoms with Gasteiger partial charge in [-0.25, -0.2) is 4.98 Å². The fraction of sp³-hybridized carbons (Fsp3) is 0.273. The second kappa shape index (κ2) is 7.24. The Bertz CT molecular complexity index is 393. The molecule has 1 aliphatic heterocycles. The lowest BCUT2D eigenvalue weighted by molar-refractivity contribution is 0.738. The van der Waals surface area contributed by atoms with Crippen molar-refractivity contribution >= 4 is 30.4 Å². The van der Waals surface area contributed by atoms with E-state index in [-0.39, 0.29) is 24.8 Å². The van der Waals surface area contributed by atoms with E-state index in [0.29, 0.717) is 5.69 Å². The Hall–Kier alpha value is -1.08. The van der Waals surface area contributed by atoms with Gasteiger partial charge in [0.25, 0.3) is 0 Å². The van der Waals surface area contributed by atoms with Gasteiger partial charge < -0.3 is 5.32 Å². The van der Waals surface area contributed by atoms with Gasteiger partial charge in [-0.05, 0) is 30.2 Å². The fourth-order valence-corrected chi connectivity index (χ4v) is 1.53. The molecule has 86 valence electrons. The second-order valence-corrected chi connectivity index (χ2v) is 3.23. The monoisotopic (exact) mass is 257 g/mol. The van der Waals surface area contributed by atoms with Crippen molar-refractivity contribution in [3.05, 3.63) is 35.7 Å². The lowest BCUT2D eigenvalue weighted by atomic mass is 10.0. The molecule has 0 amide bonds. The zero-order chi connectivity index (χ0) is 9.80. The van der Waals surface area contributed by atoms with Crippen LogP contribution in [-0.4, -0.2) is 18.1 Å². The molecular formula is C11H13Cl2N3. The van der Waals surface area contributed by atoms with E-state index in [1.807, 2.05) is 12.1 Å². The summed E-state index contributed by atoms with van der Waals surface area (Å²) in [5.41, 5.74) is 2.93. The molecule has 0 unspecified atom stereocenters. The van der Waals surface area contributed by atoms with Crippen LogP contribution in [0.25, 0.3) is 5.57 Å². The first-order valence-electron chi connectivity index (χ1n) is 4.66. The highest BCUT2D eigenvalue weighted by Crippen LogP contribution is 2.18. The predicted molar refractivity (Wildman–Crippen MR) is 68.9 cm³/mol. The van der Waals surface area contributed by atoms with Crippen molar-refractivity contribution in [3.63, 3.8) is 0 Å². The Morgan fingerprint density at radius 2 is 2.12 bits per heavy atom. The van der Waals surface area contributed by atoms with E-state index in [2.05, 4.69) is 16.4 Å². The van der Waals surface area contributed by atoms with Crippen molar-refractivity contribution in [2.45, 2.75) is 6.42 Å². The number of hydrogen-bond donors (Lipinski definition) is 1. The molecule has 0 atom stereocenters. The smallest absolute Gasteiger partial charge is 0.140 e. The van der Waals surface area contributed by atoms with E-state index < -0.39 is 0 Å². The highest BCUT2D eigenvalue weighted by atomic mass is 35.5. The van der Waals surface area contributed by atoms with Gasteiger partial charge in [0.05, 0.1) is 0 Å². The van der Waals surface area contributed by atoms with Gasteiger partial charge in [-0.1, -0.05) is 12.1 Å². The number of nitrogens with one attached hydrogen (secondary N) is 1. The van der Waals surface area contributed by atoms with Crippen LogP contribution in [0.4, 0.5) is 0 Å². The SMILES string of the molecule is Cl.Cl.N#Cc1ccc(C2=CCNCC2)cn1. The minimum absolute atomic E-state index is 0. The fourth-order valence-electron chi connectivity index (χ4n) is 1.53. The summed E-state index contributed by atoms with van der Waals surface area (Å²) in [6.45, 7) is 1.95. The highest BCUT2D eigenvalue weighted by molar-refractivity contribution is 5.85. The predicted octanol–water partition coefficient (Wildman–Crippen LogP) is 2.17. The van der Waals surface area contributed by atoms with Crippen LogP contribution in [0, 0.1) is 11.3 Å². The van der Waals surface area contributed by atoms with Crippen LogP contribution >= 0.6 is 24.8 Å². The molecule has 1 aromatic heterocycles. The van der Waals surface area contributed by atoms with Gasteiger partial charge in [0.15, 0.2) is 0 Å². The van der Waals surface area contributed by atoms with Gasteiger partial charge in [-0.15, -0.1) is 24.8 Å². The van der Waals surface area contributed by atoms with Crippen LogP contribution < -0.4 is 5.32 Å². The van der Waals surface area contributed by atoms with Crippen LogP contribution in [0.2, 0.25) is 0 Å². The standard InChI is InChI=1S/C11H11N3.2ClH/c12-7-11-2-1-10(8-14-11)9-3-5-13-6-4-9;;/h1-3,8,13H,4-6H2;2*1H. The van der Waals surface area contributed by atoms with Crippen LogP contribution in [0.5, 0.6) is 0 Å². The zero-order valence-corrected chi connectivity index (χ0v) is 10.3. The number of pyridine rings is 1. The maximum atomic E-state index is 8.60. The van der Waals surface area contributed by atoms with E-state index >= 15 is 0 Å². The molecule has 1 aliphatic rings. The lowest BCUT2D eigenvalue weighted by Crippen LogP contribution is -2.20. The Morgan fingerprint density at radius 3 is 2.62 bits per heavy atom. The molecular weight excluding hydrogens is 245 g/mol. The van der Waals surface area contributed by atoms with Gasteiger partial charge in [0.2, 0.25) is 0 Å². The summed E-state index contributed by atoms with van der Waals surface area (Å²) < 4.78 is 0. The molecule has 2 rings (SSSR count). The summed E-state index contributed by atoms with van der Waals surface area (Å²) in [4.78, 5) is 4.05. The van der Waals surface area contributed by atoms with Gasteiger partial charge in [0, 0.05) is 12.7 Å². The number of nitrogens with zero attached hydrogens (tertiary/aromatic N) is 2. The summed E-state index contributed by atoms with van der Waals surface area (Å²) >= 11 is 0. The molecule has 0 saturated heterocycles. The largest absolute Gasteiger partial charge is 0.313 e. The van der Waals surface area contributed by atoms with Gasteiger partial charge in [-0.2, -0.15) is 5.26 Å². The van der Waals surface area contributed by atoms with E-state index in [1.54, 1.807) is 12.3 Å². The molecule has 2 heterocycles. The van der Waals surface area contributed by atoms with E-state index in [0.717, 1.165) is 25.1 Å². The topological polar surface area (TPSA) is 48.7 Å². The Balaban J connectivity index is 0.00000112. The molecule has 1 N–H and O–H groups in total. The maximum Gasteiger partial charge on any atom is 0.140 e. The molecule has 1 aromatic rings. The molecule has 3 nitrogen and oxygen atoms in total. The van der Waals surface area contributed by atoms with Gasteiger partial charge >= 0.3 is 0 Å². The number of aromatic nitrogens is 1.